The Balaban J connectivity index is 1.26. The maximum atomic E-state index is 14.1. The van der Waals surface area contributed by atoms with E-state index < -0.39 is 0 Å². The summed E-state index contributed by atoms with van der Waals surface area (Å²) in [7, 11) is 0. The van der Waals surface area contributed by atoms with Crippen LogP contribution in [0.25, 0.3) is 0 Å². The molecule has 1 unspecified atom stereocenters. The quantitative estimate of drug-likeness (QED) is 0.827. The van der Waals surface area contributed by atoms with Crippen molar-refractivity contribution in [1.82, 2.24) is 9.80 Å². The molecule has 2 aliphatic heterocycles. The summed E-state index contributed by atoms with van der Waals surface area (Å²) in [5.74, 6) is -0.00142. The lowest BCUT2D eigenvalue weighted by atomic mass is 9.78. The standard InChI is InChI=1S/C19H25FN2/c20-18-3-1-2-14-7-9-21(11-17(14)18)16-6-8-19(10-16)12-22(13-19)15-4-5-15/h1-3,15-16H,4-13H2. The van der Waals surface area contributed by atoms with Crippen molar-refractivity contribution in [3.8, 4) is 0 Å². The van der Waals surface area contributed by atoms with E-state index >= 15 is 0 Å². The first-order valence-corrected chi connectivity index (χ1v) is 8.97. The van der Waals surface area contributed by atoms with E-state index in [4.69, 9.17) is 0 Å². The number of likely N-dealkylation sites (tertiary alicyclic amines) is 1. The molecule has 1 aromatic rings. The number of fused-ring (bicyclic) bond motifs is 1. The maximum Gasteiger partial charge on any atom is 0.127 e. The Bertz CT molecular complexity index is 589. The summed E-state index contributed by atoms with van der Waals surface area (Å²) in [6.07, 6.45) is 7.94. The van der Waals surface area contributed by atoms with Crippen molar-refractivity contribution in [1.29, 1.82) is 0 Å². The van der Waals surface area contributed by atoms with Crippen LogP contribution in [0.1, 0.15) is 43.2 Å². The molecule has 1 atom stereocenters. The van der Waals surface area contributed by atoms with Gasteiger partial charge in [-0.1, -0.05) is 12.1 Å². The highest BCUT2D eigenvalue weighted by atomic mass is 19.1. The molecular weight excluding hydrogens is 275 g/mol. The zero-order valence-corrected chi connectivity index (χ0v) is 13.2. The first-order chi connectivity index (χ1) is 10.7. The smallest absolute Gasteiger partial charge is 0.127 e. The van der Waals surface area contributed by atoms with Crippen LogP contribution in [-0.4, -0.2) is 41.5 Å². The summed E-state index contributed by atoms with van der Waals surface area (Å²) in [6, 6.07) is 7.20. The molecule has 0 bridgehead atoms. The van der Waals surface area contributed by atoms with Crippen molar-refractivity contribution in [2.45, 2.75) is 57.2 Å². The van der Waals surface area contributed by atoms with Crippen LogP contribution < -0.4 is 0 Å². The van der Waals surface area contributed by atoms with E-state index in [0.717, 1.165) is 31.1 Å². The van der Waals surface area contributed by atoms with Crippen LogP contribution in [-0.2, 0) is 13.0 Å². The zero-order chi connectivity index (χ0) is 14.7. The Morgan fingerprint density at radius 1 is 1.05 bits per heavy atom. The average molecular weight is 300 g/mol. The molecule has 1 aromatic carbocycles. The lowest BCUT2D eigenvalue weighted by Crippen LogP contribution is -2.56. The number of rotatable bonds is 2. The highest BCUT2D eigenvalue weighted by Gasteiger charge is 2.52. The van der Waals surface area contributed by atoms with Crippen molar-refractivity contribution in [2.75, 3.05) is 19.6 Å². The molecule has 0 amide bonds. The number of hydrogen-bond acceptors (Lipinski definition) is 2. The molecular formula is C19H25FN2. The summed E-state index contributed by atoms with van der Waals surface area (Å²) in [4.78, 5) is 5.27. The van der Waals surface area contributed by atoms with E-state index in [1.54, 1.807) is 6.07 Å². The summed E-state index contributed by atoms with van der Waals surface area (Å²) in [5.41, 5.74) is 2.80. The highest BCUT2D eigenvalue weighted by Crippen LogP contribution is 2.50. The molecule has 2 saturated carbocycles. The van der Waals surface area contributed by atoms with Crippen LogP contribution in [0.15, 0.2) is 18.2 Å². The zero-order valence-electron chi connectivity index (χ0n) is 13.2. The Morgan fingerprint density at radius 3 is 2.73 bits per heavy atom. The van der Waals surface area contributed by atoms with E-state index in [9.17, 15) is 4.39 Å². The van der Waals surface area contributed by atoms with Gasteiger partial charge in [-0.15, -0.1) is 0 Å². The number of nitrogens with zero attached hydrogens (tertiary/aromatic N) is 2. The molecule has 0 radical (unpaired) electrons. The van der Waals surface area contributed by atoms with Gasteiger partial charge in [0.15, 0.2) is 0 Å². The van der Waals surface area contributed by atoms with Crippen molar-refractivity contribution < 1.29 is 4.39 Å². The van der Waals surface area contributed by atoms with Gasteiger partial charge >= 0.3 is 0 Å². The van der Waals surface area contributed by atoms with E-state index in [2.05, 4.69) is 15.9 Å². The highest BCUT2D eigenvalue weighted by molar-refractivity contribution is 5.31. The predicted molar refractivity (Wildman–Crippen MR) is 85.2 cm³/mol. The van der Waals surface area contributed by atoms with E-state index in [0.29, 0.717) is 11.5 Å². The Morgan fingerprint density at radius 2 is 1.91 bits per heavy atom. The van der Waals surface area contributed by atoms with Crippen molar-refractivity contribution in [3.63, 3.8) is 0 Å². The van der Waals surface area contributed by atoms with Gasteiger partial charge in [-0.3, -0.25) is 9.80 Å². The molecule has 22 heavy (non-hydrogen) atoms. The van der Waals surface area contributed by atoms with Crippen LogP contribution in [0.3, 0.4) is 0 Å². The van der Waals surface area contributed by atoms with Gasteiger partial charge in [-0.05, 0) is 55.6 Å². The third kappa shape index (κ3) is 2.13. The van der Waals surface area contributed by atoms with E-state index in [1.807, 2.05) is 6.07 Å². The third-order valence-corrected chi connectivity index (χ3v) is 6.58. The summed E-state index contributed by atoms with van der Waals surface area (Å²) < 4.78 is 14.1. The molecule has 4 aliphatic rings. The maximum absolute atomic E-state index is 14.1. The van der Waals surface area contributed by atoms with Gasteiger partial charge in [0.05, 0.1) is 0 Å². The number of hydrogen-bond donors (Lipinski definition) is 0. The molecule has 2 nitrogen and oxygen atoms in total. The van der Waals surface area contributed by atoms with Crippen molar-refractivity contribution >= 4 is 0 Å². The third-order valence-electron chi connectivity index (χ3n) is 6.58. The van der Waals surface area contributed by atoms with Crippen LogP contribution in [0.4, 0.5) is 4.39 Å². The van der Waals surface area contributed by atoms with Crippen molar-refractivity contribution in [2.24, 2.45) is 5.41 Å². The number of halogens is 1. The van der Waals surface area contributed by atoms with Gasteiger partial charge in [0.1, 0.15) is 5.82 Å². The van der Waals surface area contributed by atoms with Crippen LogP contribution in [0.5, 0.6) is 0 Å². The topological polar surface area (TPSA) is 6.48 Å². The summed E-state index contributed by atoms with van der Waals surface area (Å²) >= 11 is 0. The molecule has 0 N–H and O–H groups in total. The monoisotopic (exact) mass is 300 g/mol. The molecule has 2 heterocycles. The molecule has 5 rings (SSSR count). The molecule has 0 aromatic heterocycles. The van der Waals surface area contributed by atoms with Gasteiger partial charge in [0.25, 0.3) is 0 Å². The van der Waals surface area contributed by atoms with E-state index in [1.165, 1.54) is 50.8 Å². The predicted octanol–water partition coefficient (Wildman–Crippen LogP) is 3.20. The van der Waals surface area contributed by atoms with E-state index in [-0.39, 0.29) is 5.82 Å². The minimum Gasteiger partial charge on any atom is -0.299 e. The SMILES string of the molecule is Fc1cccc2c1CN(C1CCC3(C1)CN(C1CC1)C3)CC2. The van der Waals surface area contributed by atoms with Gasteiger partial charge < -0.3 is 0 Å². The fraction of sp³-hybridized carbons (Fsp3) is 0.684. The second kappa shape index (κ2) is 4.78. The lowest BCUT2D eigenvalue weighted by molar-refractivity contribution is -0.00734. The van der Waals surface area contributed by atoms with Gasteiger partial charge in [0.2, 0.25) is 0 Å². The minimum absolute atomic E-state index is 0.00142. The molecule has 118 valence electrons. The summed E-state index contributed by atoms with van der Waals surface area (Å²) in [6.45, 7) is 4.62. The average Bonchev–Trinajstić information content (AvgIpc) is 3.24. The van der Waals surface area contributed by atoms with Gasteiger partial charge in [-0.25, -0.2) is 4.39 Å². The molecule has 1 spiro atoms. The molecule has 1 saturated heterocycles. The first kappa shape index (κ1) is 13.5. The second-order valence-corrected chi connectivity index (χ2v) is 8.13. The van der Waals surface area contributed by atoms with Crippen LogP contribution in [0, 0.1) is 11.2 Å². The molecule has 2 aliphatic carbocycles. The lowest BCUT2D eigenvalue weighted by Gasteiger charge is -2.49. The van der Waals surface area contributed by atoms with Crippen LogP contribution in [0.2, 0.25) is 0 Å². The molecule has 3 fully saturated rings. The Labute approximate surface area is 132 Å². The van der Waals surface area contributed by atoms with Gasteiger partial charge in [-0.2, -0.15) is 0 Å². The fourth-order valence-electron chi connectivity index (χ4n) is 5.16. The second-order valence-electron chi connectivity index (χ2n) is 8.13. The Kier molecular flexibility index (Phi) is 2.93. The van der Waals surface area contributed by atoms with Crippen molar-refractivity contribution in [3.05, 3.63) is 35.1 Å². The summed E-state index contributed by atoms with van der Waals surface area (Å²) in [5, 5.41) is 0. The largest absolute Gasteiger partial charge is 0.299 e. The van der Waals surface area contributed by atoms with Crippen LogP contribution >= 0.6 is 0 Å². The Hall–Kier alpha value is -0.930. The normalized spacial score (nSPS) is 31.2. The minimum atomic E-state index is -0.00142. The van der Waals surface area contributed by atoms with Gasteiger partial charge in [0, 0.05) is 43.8 Å². The number of benzene rings is 1. The molecule has 3 heteroatoms. The first-order valence-electron chi connectivity index (χ1n) is 8.97. The fourth-order valence-corrected chi connectivity index (χ4v) is 5.16.